The van der Waals surface area contributed by atoms with Gasteiger partial charge in [0.25, 0.3) is 0 Å². The Hall–Kier alpha value is -7.49. The second-order valence-corrected chi connectivity index (χ2v) is 15.8. The molecule has 1 N–H and O–H groups in total. The molecule has 1 aromatic heterocycles. The van der Waals surface area contributed by atoms with Gasteiger partial charge in [0.2, 0.25) is 0 Å². The lowest BCUT2D eigenvalue weighted by Crippen LogP contribution is -2.16. The molecule has 1 heterocycles. The third kappa shape index (κ3) is 6.57. The molecule has 0 amide bonds. The Morgan fingerprint density at radius 2 is 1.19 bits per heavy atom. The molecular weight excluding hydrogens is 715 g/mol. The predicted molar refractivity (Wildman–Crippen MR) is 248 cm³/mol. The lowest BCUT2D eigenvalue weighted by molar-refractivity contribution is 0.663. The molecule has 0 fully saturated rings. The zero-order valence-corrected chi connectivity index (χ0v) is 33.0. The number of aliphatic imine (C=N–C) groups is 1. The number of fused-ring (bicyclic) bond motifs is 5. The van der Waals surface area contributed by atoms with Gasteiger partial charge in [-0.05, 0) is 107 Å². The van der Waals surface area contributed by atoms with Crippen LogP contribution >= 0.6 is 0 Å². The molecule has 1 aliphatic carbocycles. The number of nitrogens with zero attached hydrogens (tertiary/aromatic N) is 2. The van der Waals surface area contributed by atoms with Crippen LogP contribution in [0.1, 0.15) is 41.7 Å². The number of nitrogens with one attached hydrogen (secondary N) is 1. The molecule has 9 aromatic rings. The minimum Gasteiger partial charge on any atom is -0.300 e. The molecule has 10 rings (SSSR count). The second kappa shape index (κ2) is 14.8. The normalized spacial score (nSPS) is 13.2. The number of hydrogen-bond acceptors (Lipinski definition) is 3. The van der Waals surface area contributed by atoms with E-state index in [-0.39, 0.29) is 5.41 Å². The Balaban J connectivity index is 0.987. The van der Waals surface area contributed by atoms with E-state index < -0.39 is 0 Å². The summed E-state index contributed by atoms with van der Waals surface area (Å²) in [5, 5.41) is 13.8. The molecule has 3 nitrogen and oxygen atoms in total. The van der Waals surface area contributed by atoms with E-state index in [4.69, 9.17) is 10.4 Å². The Morgan fingerprint density at radius 3 is 1.93 bits per heavy atom. The Bertz CT molecular complexity index is 3100. The van der Waals surface area contributed by atoms with Crippen molar-refractivity contribution in [3.63, 3.8) is 0 Å². The average molecular weight is 756 g/mol. The van der Waals surface area contributed by atoms with Crippen LogP contribution in [0.25, 0.3) is 71.7 Å². The number of rotatable bonds is 8. The first-order valence-electron chi connectivity index (χ1n) is 20.1. The standard InChI is InChI=1S/C56H41N3/c1-56(2)52-33-43-15-7-6-14-42(43)32-51(52)50-20-10-19-48(55(50)56)39-25-23-38(24-26-39)47-30-29-45(46-17-8-9-18-49(46)47)36-59-54(34-53(57)40-12-4-3-5-13-40)41-27-21-37(22-28-41)44-16-11-31-58-35-44/h3-36,57H,1-2H3/b54-34-,57-53?,59-36?. The fourth-order valence-corrected chi connectivity index (χ4v) is 8.86. The monoisotopic (exact) mass is 755 g/mol. The van der Waals surface area contributed by atoms with Gasteiger partial charge in [0, 0.05) is 35.2 Å². The largest absolute Gasteiger partial charge is 0.300 e. The highest BCUT2D eigenvalue weighted by Gasteiger charge is 2.37. The van der Waals surface area contributed by atoms with Crippen LogP contribution in [-0.2, 0) is 5.41 Å². The van der Waals surface area contributed by atoms with Gasteiger partial charge in [0.15, 0.2) is 0 Å². The second-order valence-electron chi connectivity index (χ2n) is 15.8. The summed E-state index contributed by atoms with van der Waals surface area (Å²) >= 11 is 0. The number of allylic oxidation sites excluding steroid dienone is 1. The summed E-state index contributed by atoms with van der Waals surface area (Å²) in [7, 11) is 0. The van der Waals surface area contributed by atoms with Crippen LogP contribution in [0.4, 0.5) is 0 Å². The van der Waals surface area contributed by atoms with Crippen molar-refractivity contribution in [2.24, 2.45) is 4.99 Å². The number of hydrogen-bond donors (Lipinski definition) is 1. The van der Waals surface area contributed by atoms with Crippen LogP contribution in [0.5, 0.6) is 0 Å². The highest BCUT2D eigenvalue weighted by molar-refractivity contribution is 6.12. The van der Waals surface area contributed by atoms with E-state index in [0.29, 0.717) is 11.4 Å². The summed E-state index contributed by atoms with van der Waals surface area (Å²) in [5.74, 6) is 0. The Morgan fingerprint density at radius 1 is 0.525 bits per heavy atom. The fraction of sp³-hybridized carbons (Fsp3) is 0.0536. The molecule has 0 saturated carbocycles. The molecule has 0 unspecified atom stereocenters. The Labute approximate surface area is 345 Å². The maximum absolute atomic E-state index is 8.95. The van der Waals surface area contributed by atoms with E-state index in [1.165, 1.54) is 55.3 Å². The molecule has 8 aromatic carbocycles. The third-order valence-corrected chi connectivity index (χ3v) is 11.9. The molecule has 0 aliphatic heterocycles. The summed E-state index contributed by atoms with van der Waals surface area (Å²) in [6.45, 7) is 4.74. The molecular formula is C56H41N3. The topological polar surface area (TPSA) is 49.1 Å². The highest BCUT2D eigenvalue weighted by Crippen LogP contribution is 2.53. The van der Waals surface area contributed by atoms with Crippen molar-refractivity contribution in [1.82, 2.24) is 4.98 Å². The van der Waals surface area contributed by atoms with E-state index >= 15 is 0 Å². The SMILES string of the molecule is CC1(C)c2cc3ccccc3cc2-c2cccc(-c3ccc(-c4ccc(C=N/C(=C\C(=N)c5ccccc5)c5ccc(-c6cccnc6)cc5)c5ccccc45)cc3)c21. The van der Waals surface area contributed by atoms with Crippen molar-refractivity contribution in [2.45, 2.75) is 19.3 Å². The lowest BCUT2D eigenvalue weighted by atomic mass is 9.78. The highest BCUT2D eigenvalue weighted by atomic mass is 14.7. The van der Waals surface area contributed by atoms with Crippen LogP contribution in [0, 0.1) is 5.41 Å². The maximum atomic E-state index is 8.95. The van der Waals surface area contributed by atoms with Crippen molar-refractivity contribution >= 4 is 39.2 Å². The van der Waals surface area contributed by atoms with Gasteiger partial charge in [-0.2, -0.15) is 0 Å². The smallest absolute Gasteiger partial charge is 0.0723 e. The first-order chi connectivity index (χ1) is 28.9. The van der Waals surface area contributed by atoms with Crippen LogP contribution in [0.2, 0.25) is 0 Å². The van der Waals surface area contributed by atoms with Gasteiger partial charge in [-0.1, -0.05) is 178 Å². The van der Waals surface area contributed by atoms with Crippen LogP contribution in [0.3, 0.4) is 0 Å². The summed E-state index contributed by atoms with van der Waals surface area (Å²) in [5.41, 5.74) is 16.2. The number of aromatic nitrogens is 1. The van der Waals surface area contributed by atoms with Gasteiger partial charge in [-0.3, -0.25) is 9.98 Å². The average Bonchev–Trinajstić information content (AvgIpc) is 3.52. The quantitative estimate of drug-likeness (QED) is 0.154. The van der Waals surface area contributed by atoms with Crippen LogP contribution in [0.15, 0.2) is 205 Å². The van der Waals surface area contributed by atoms with Crippen molar-refractivity contribution in [1.29, 1.82) is 5.41 Å². The van der Waals surface area contributed by atoms with Gasteiger partial charge >= 0.3 is 0 Å². The maximum Gasteiger partial charge on any atom is 0.0723 e. The van der Waals surface area contributed by atoms with E-state index in [1.54, 1.807) is 6.20 Å². The minimum atomic E-state index is -0.127. The van der Waals surface area contributed by atoms with E-state index in [0.717, 1.165) is 38.6 Å². The molecule has 1 aliphatic rings. The van der Waals surface area contributed by atoms with Gasteiger partial charge in [0.05, 0.1) is 11.4 Å². The van der Waals surface area contributed by atoms with Crippen LogP contribution in [-0.4, -0.2) is 16.9 Å². The summed E-state index contributed by atoms with van der Waals surface area (Å²) in [6, 6.07) is 64.4. The molecule has 0 bridgehead atoms. The van der Waals surface area contributed by atoms with Gasteiger partial charge in [0.1, 0.15) is 0 Å². The first kappa shape index (κ1) is 35.9. The van der Waals surface area contributed by atoms with Crippen molar-refractivity contribution in [3.8, 4) is 44.5 Å². The summed E-state index contributed by atoms with van der Waals surface area (Å²) in [6.07, 6.45) is 7.44. The van der Waals surface area contributed by atoms with E-state index in [1.807, 2.05) is 54.9 Å². The third-order valence-electron chi connectivity index (χ3n) is 11.9. The van der Waals surface area contributed by atoms with Gasteiger partial charge < -0.3 is 5.41 Å². The van der Waals surface area contributed by atoms with E-state index in [9.17, 15) is 0 Å². The number of pyridine rings is 1. The summed E-state index contributed by atoms with van der Waals surface area (Å²) in [4.78, 5) is 9.37. The lowest BCUT2D eigenvalue weighted by Gasteiger charge is -2.25. The molecule has 3 heteroatoms. The minimum absolute atomic E-state index is 0.127. The summed E-state index contributed by atoms with van der Waals surface area (Å²) < 4.78 is 0. The zero-order chi connectivity index (χ0) is 39.9. The van der Waals surface area contributed by atoms with Gasteiger partial charge in [-0.25, -0.2) is 0 Å². The first-order valence-corrected chi connectivity index (χ1v) is 20.1. The molecule has 59 heavy (non-hydrogen) atoms. The Kier molecular flexibility index (Phi) is 8.99. The predicted octanol–water partition coefficient (Wildman–Crippen LogP) is 14.2. The van der Waals surface area contributed by atoms with Crippen LogP contribution < -0.4 is 0 Å². The number of benzene rings is 8. The molecule has 0 saturated heterocycles. The molecule has 0 radical (unpaired) electrons. The molecule has 0 spiro atoms. The zero-order valence-electron chi connectivity index (χ0n) is 33.0. The van der Waals surface area contributed by atoms with Crippen molar-refractivity contribution in [2.75, 3.05) is 0 Å². The van der Waals surface area contributed by atoms with E-state index in [2.05, 4.69) is 164 Å². The molecule has 0 atom stereocenters. The molecule has 280 valence electrons. The van der Waals surface area contributed by atoms with Gasteiger partial charge in [-0.15, -0.1) is 0 Å². The van der Waals surface area contributed by atoms with Crippen molar-refractivity contribution < 1.29 is 0 Å². The van der Waals surface area contributed by atoms with Crippen molar-refractivity contribution in [3.05, 3.63) is 228 Å². The fourth-order valence-electron chi connectivity index (χ4n) is 8.86.